The summed E-state index contributed by atoms with van der Waals surface area (Å²) in [4.78, 5) is 13.4. The van der Waals surface area contributed by atoms with Gasteiger partial charge in [0.15, 0.2) is 0 Å². The van der Waals surface area contributed by atoms with Crippen LogP contribution in [0.15, 0.2) is 67.0 Å². The summed E-state index contributed by atoms with van der Waals surface area (Å²) in [5.74, 6) is 0.000263. The maximum Gasteiger partial charge on any atom is 0.217 e. The van der Waals surface area contributed by atoms with Gasteiger partial charge in [0.1, 0.15) is 0 Å². The van der Waals surface area contributed by atoms with Gasteiger partial charge < -0.3 is 14.8 Å². The summed E-state index contributed by atoms with van der Waals surface area (Å²) in [5, 5.41) is 4.15. The zero-order valence-electron chi connectivity index (χ0n) is 16.3. The first kappa shape index (κ1) is 18.4. The van der Waals surface area contributed by atoms with Crippen molar-refractivity contribution in [1.29, 1.82) is 0 Å². The number of para-hydroxylation sites is 1. The molecular formula is C24H27N3O. The maximum atomic E-state index is 11.0. The molecule has 1 aromatic heterocycles. The third-order valence-electron chi connectivity index (χ3n) is 5.52. The summed E-state index contributed by atoms with van der Waals surface area (Å²) < 4.78 is 2.45. The largest absolute Gasteiger partial charge is 0.377 e. The van der Waals surface area contributed by atoms with Gasteiger partial charge in [0.2, 0.25) is 5.91 Å². The van der Waals surface area contributed by atoms with E-state index in [2.05, 4.69) is 87.9 Å². The van der Waals surface area contributed by atoms with Crippen molar-refractivity contribution in [3.05, 3.63) is 78.1 Å². The van der Waals surface area contributed by atoms with Crippen LogP contribution in [0.5, 0.6) is 0 Å². The van der Waals surface area contributed by atoms with Gasteiger partial charge in [-0.2, -0.15) is 0 Å². The topological polar surface area (TPSA) is 37.3 Å². The highest BCUT2D eigenvalue weighted by Gasteiger charge is 2.19. The second kappa shape index (κ2) is 8.34. The molecule has 28 heavy (non-hydrogen) atoms. The molecule has 0 bridgehead atoms. The molecule has 0 radical (unpaired) electrons. The second-order valence-electron chi connectivity index (χ2n) is 7.52. The smallest absolute Gasteiger partial charge is 0.217 e. The molecule has 0 atom stereocenters. The molecule has 2 aromatic carbocycles. The Kier molecular flexibility index (Phi) is 5.47. The van der Waals surface area contributed by atoms with E-state index in [1.165, 1.54) is 29.3 Å². The van der Waals surface area contributed by atoms with E-state index in [4.69, 9.17) is 0 Å². The van der Waals surface area contributed by atoms with Crippen molar-refractivity contribution in [1.82, 2.24) is 14.8 Å². The van der Waals surface area contributed by atoms with Gasteiger partial charge in [-0.1, -0.05) is 42.5 Å². The Balaban J connectivity index is 1.32. The van der Waals surface area contributed by atoms with Crippen LogP contribution >= 0.6 is 0 Å². The van der Waals surface area contributed by atoms with Gasteiger partial charge >= 0.3 is 0 Å². The molecule has 2 heterocycles. The van der Waals surface area contributed by atoms with Crippen LogP contribution in [0.3, 0.4) is 0 Å². The molecule has 3 aromatic rings. The van der Waals surface area contributed by atoms with Crippen LogP contribution in [0.25, 0.3) is 17.0 Å². The zero-order chi connectivity index (χ0) is 19.3. The van der Waals surface area contributed by atoms with Crippen LogP contribution < -0.4 is 5.32 Å². The molecule has 0 saturated carbocycles. The number of nitrogens with zero attached hydrogens (tertiary/aromatic N) is 2. The van der Waals surface area contributed by atoms with Crippen LogP contribution in [0.2, 0.25) is 0 Å². The normalized spacial score (nSPS) is 15.4. The van der Waals surface area contributed by atoms with E-state index in [1.807, 2.05) is 0 Å². The van der Waals surface area contributed by atoms with Crippen LogP contribution in [0, 0.1) is 0 Å². The van der Waals surface area contributed by atoms with E-state index in [0.717, 1.165) is 18.7 Å². The molecular weight excluding hydrogens is 346 g/mol. The summed E-state index contributed by atoms with van der Waals surface area (Å²) in [5.41, 5.74) is 3.65. The quantitative estimate of drug-likeness (QED) is 0.710. The minimum absolute atomic E-state index is 0.000263. The monoisotopic (exact) mass is 373 g/mol. The van der Waals surface area contributed by atoms with Gasteiger partial charge in [-0.15, -0.1) is 0 Å². The van der Waals surface area contributed by atoms with Crippen molar-refractivity contribution < 1.29 is 4.79 Å². The van der Waals surface area contributed by atoms with Crippen LogP contribution in [0.1, 0.15) is 36.9 Å². The highest BCUT2D eigenvalue weighted by molar-refractivity contribution is 5.80. The van der Waals surface area contributed by atoms with Crippen LogP contribution in [-0.2, 0) is 11.3 Å². The first-order valence-electron chi connectivity index (χ1n) is 10.0. The van der Waals surface area contributed by atoms with Gasteiger partial charge in [-0.25, -0.2) is 0 Å². The van der Waals surface area contributed by atoms with Gasteiger partial charge in [-0.3, -0.25) is 4.79 Å². The Morgan fingerprint density at radius 1 is 1.07 bits per heavy atom. The number of amides is 1. The Morgan fingerprint density at radius 2 is 1.82 bits per heavy atom. The first-order chi connectivity index (χ1) is 13.7. The number of hydrogen-bond acceptors (Lipinski definition) is 2. The molecule has 4 rings (SSSR count). The minimum atomic E-state index is 0.000263. The number of nitrogens with one attached hydrogen (secondary N) is 1. The number of rotatable bonds is 5. The fourth-order valence-electron chi connectivity index (χ4n) is 3.90. The Hall–Kier alpha value is -3.01. The molecule has 0 spiro atoms. The molecule has 1 aliphatic rings. The Morgan fingerprint density at radius 3 is 2.57 bits per heavy atom. The van der Waals surface area contributed by atoms with Crippen molar-refractivity contribution >= 4 is 22.9 Å². The number of piperidine rings is 1. The highest BCUT2D eigenvalue weighted by Crippen LogP contribution is 2.27. The average Bonchev–Trinajstić information content (AvgIpc) is 3.16. The van der Waals surface area contributed by atoms with Crippen molar-refractivity contribution in [2.75, 3.05) is 13.1 Å². The third kappa shape index (κ3) is 4.28. The van der Waals surface area contributed by atoms with Crippen LogP contribution in [0.4, 0.5) is 0 Å². The van der Waals surface area contributed by atoms with Crippen molar-refractivity contribution in [3.63, 3.8) is 0 Å². The molecule has 1 saturated heterocycles. The summed E-state index contributed by atoms with van der Waals surface area (Å²) in [6.07, 6.45) is 8.96. The number of fused-ring (bicyclic) bond motifs is 1. The SMILES string of the molecule is CC(=O)NCc1ccc(C=CN2CCC(n3ccc4ccccc43)CC2)cc1. The summed E-state index contributed by atoms with van der Waals surface area (Å²) in [7, 11) is 0. The number of carbonyl (C=O) groups excluding carboxylic acids is 1. The minimum Gasteiger partial charge on any atom is -0.377 e. The Bertz CT molecular complexity index is 963. The van der Waals surface area contributed by atoms with E-state index < -0.39 is 0 Å². The number of benzene rings is 2. The van der Waals surface area contributed by atoms with E-state index in [0.29, 0.717) is 12.6 Å². The molecule has 1 amide bonds. The molecule has 144 valence electrons. The molecule has 0 aliphatic carbocycles. The number of aromatic nitrogens is 1. The number of likely N-dealkylation sites (tertiary alicyclic amines) is 1. The standard InChI is InChI=1S/C24H27N3O/c1-19(28)25-18-21-8-6-20(7-9-21)10-14-26-15-12-23(13-16-26)27-17-11-22-4-2-3-5-24(22)27/h2-11,14,17,23H,12-13,15-16,18H2,1H3,(H,25,28). The maximum absolute atomic E-state index is 11.0. The molecule has 0 unspecified atom stereocenters. The zero-order valence-corrected chi connectivity index (χ0v) is 16.3. The lowest BCUT2D eigenvalue weighted by molar-refractivity contribution is -0.119. The highest BCUT2D eigenvalue weighted by atomic mass is 16.1. The lowest BCUT2D eigenvalue weighted by Crippen LogP contribution is -2.30. The fourth-order valence-corrected chi connectivity index (χ4v) is 3.90. The van der Waals surface area contributed by atoms with E-state index >= 15 is 0 Å². The van der Waals surface area contributed by atoms with E-state index in [-0.39, 0.29) is 5.91 Å². The first-order valence-corrected chi connectivity index (χ1v) is 10.0. The van der Waals surface area contributed by atoms with E-state index in [1.54, 1.807) is 6.92 Å². The predicted octanol–water partition coefficient (Wildman–Crippen LogP) is 4.59. The van der Waals surface area contributed by atoms with Crippen molar-refractivity contribution in [2.24, 2.45) is 0 Å². The fraction of sp³-hybridized carbons (Fsp3) is 0.292. The molecule has 4 heteroatoms. The summed E-state index contributed by atoms with van der Waals surface area (Å²) in [6, 6.07) is 19.8. The summed E-state index contributed by atoms with van der Waals surface area (Å²) >= 11 is 0. The Labute approximate surface area is 166 Å². The molecule has 1 aliphatic heterocycles. The van der Waals surface area contributed by atoms with Crippen molar-refractivity contribution in [3.8, 4) is 0 Å². The second-order valence-corrected chi connectivity index (χ2v) is 7.52. The lowest BCUT2D eigenvalue weighted by atomic mass is 10.0. The third-order valence-corrected chi connectivity index (χ3v) is 5.52. The summed E-state index contributed by atoms with van der Waals surface area (Å²) in [6.45, 7) is 4.28. The van der Waals surface area contributed by atoms with Crippen LogP contribution in [-0.4, -0.2) is 28.5 Å². The number of hydrogen-bond donors (Lipinski definition) is 1. The van der Waals surface area contributed by atoms with Gasteiger partial charge in [-0.05, 0) is 53.8 Å². The number of carbonyl (C=O) groups is 1. The molecule has 1 fully saturated rings. The van der Waals surface area contributed by atoms with Gasteiger partial charge in [0.05, 0.1) is 0 Å². The lowest BCUT2D eigenvalue weighted by Gasteiger charge is -2.32. The molecule has 4 nitrogen and oxygen atoms in total. The predicted molar refractivity (Wildman–Crippen MR) is 115 cm³/mol. The van der Waals surface area contributed by atoms with Gasteiger partial charge in [0.25, 0.3) is 0 Å². The van der Waals surface area contributed by atoms with E-state index in [9.17, 15) is 4.79 Å². The molecule has 1 N–H and O–H groups in total. The van der Waals surface area contributed by atoms with Gasteiger partial charge in [0, 0.05) is 44.3 Å². The van der Waals surface area contributed by atoms with Crippen molar-refractivity contribution in [2.45, 2.75) is 32.4 Å². The average molecular weight is 374 g/mol.